The Hall–Kier alpha value is -4.40. The van der Waals surface area contributed by atoms with Crippen molar-refractivity contribution in [2.45, 2.75) is 88.4 Å². The third-order valence-corrected chi connectivity index (χ3v) is 8.54. The first-order chi connectivity index (χ1) is 21.4. The van der Waals surface area contributed by atoms with Crippen LogP contribution in [-0.4, -0.2) is 78.0 Å². The number of unbranched alkanes of at least 4 members (excludes halogenated alkanes) is 1. The zero-order chi connectivity index (χ0) is 33.0. The van der Waals surface area contributed by atoms with Crippen molar-refractivity contribution in [1.82, 2.24) is 26.6 Å². The van der Waals surface area contributed by atoms with Gasteiger partial charge in [0.25, 0.3) is 0 Å². The van der Waals surface area contributed by atoms with Crippen molar-refractivity contribution in [3.05, 3.63) is 35.9 Å². The van der Waals surface area contributed by atoms with Crippen LogP contribution in [0, 0.1) is 16.7 Å². The number of carbonyl (C=O) groups is 5. The first kappa shape index (κ1) is 35.1. The molecule has 1 aromatic carbocycles. The summed E-state index contributed by atoms with van der Waals surface area (Å²) in [7, 11) is 0. The van der Waals surface area contributed by atoms with Gasteiger partial charge in [0.05, 0.1) is 6.04 Å². The third-order valence-electron chi connectivity index (χ3n) is 8.54. The number of nitrogens with two attached hydrogens (primary N) is 3. The van der Waals surface area contributed by atoms with Crippen LogP contribution in [0.15, 0.2) is 30.3 Å². The number of rotatable bonds is 20. The number of carboxylic acid groups (broad SMARTS) is 1. The largest absolute Gasteiger partial charge is 0.465 e. The topological polar surface area (TPSA) is 268 Å². The summed E-state index contributed by atoms with van der Waals surface area (Å²) in [6.45, 7) is 0.489. The Morgan fingerprint density at radius 2 is 1.40 bits per heavy atom. The van der Waals surface area contributed by atoms with Crippen molar-refractivity contribution in [2.24, 2.45) is 28.5 Å². The normalized spacial score (nSPS) is 20.5. The smallest absolute Gasteiger partial charge is 0.404 e. The van der Waals surface area contributed by atoms with E-state index in [0.717, 1.165) is 24.8 Å². The van der Waals surface area contributed by atoms with Crippen LogP contribution in [0.3, 0.4) is 0 Å². The van der Waals surface area contributed by atoms with E-state index in [1.54, 1.807) is 0 Å². The van der Waals surface area contributed by atoms with E-state index in [4.69, 9.17) is 27.7 Å². The molecule has 13 N–H and O–H groups in total. The average Bonchev–Trinajstić information content (AvgIpc) is 2.94. The zero-order valence-corrected chi connectivity index (χ0v) is 25.5. The first-order valence-corrected chi connectivity index (χ1v) is 15.4. The molecule has 0 heterocycles. The highest BCUT2D eigenvalue weighted by Gasteiger charge is 2.57. The standard InChI is InChI=1S/C30H47N9O6/c31-20(13-18-7-2-1-3-8-18)25(41)38-22(10-6-12-35-28(33)34)26(42)39-23(17-30-14-19(15-30)16-30)27(43)37-21(24(32)40)9-4-5-11-36-29(44)45/h1-3,7-8,19-23,36H,4-6,9-17,31H2,(H2,32,40)(H,37,43)(H,38,41)(H,39,42)(H,44,45)(H4,33,34,35). The number of primary amides is 1. The SMILES string of the molecule is N=C(N)NCCCC(NC(=O)C(N)Cc1ccccc1)C(=O)NC(CC12CC(C1)C2)C(=O)NC(CCCCNC(=O)O)C(N)=O. The van der Waals surface area contributed by atoms with Crippen LogP contribution in [0.4, 0.5) is 4.79 Å². The molecule has 248 valence electrons. The van der Waals surface area contributed by atoms with E-state index in [9.17, 15) is 24.0 Å². The lowest BCUT2D eigenvalue weighted by Crippen LogP contribution is -2.61. The van der Waals surface area contributed by atoms with Gasteiger partial charge in [0.2, 0.25) is 23.6 Å². The molecule has 4 atom stereocenters. The zero-order valence-electron chi connectivity index (χ0n) is 25.5. The Bertz CT molecular complexity index is 1200. The van der Waals surface area contributed by atoms with Gasteiger partial charge in [-0.25, -0.2) is 4.79 Å². The number of benzene rings is 1. The van der Waals surface area contributed by atoms with Crippen LogP contribution in [-0.2, 0) is 25.6 Å². The maximum atomic E-state index is 13.6. The van der Waals surface area contributed by atoms with Gasteiger partial charge in [0, 0.05) is 13.1 Å². The molecule has 3 aliphatic carbocycles. The third kappa shape index (κ3) is 11.2. The summed E-state index contributed by atoms with van der Waals surface area (Å²) in [4.78, 5) is 63.0. The second-order valence-corrected chi connectivity index (χ2v) is 12.3. The first-order valence-electron chi connectivity index (χ1n) is 15.4. The molecule has 15 heteroatoms. The van der Waals surface area contributed by atoms with Crippen LogP contribution in [0.5, 0.6) is 0 Å². The lowest BCUT2D eigenvalue weighted by molar-refractivity contribution is -0.143. The summed E-state index contributed by atoms with van der Waals surface area (Å²) in [5, 5.41) is 29.2. The monoisotopic (exact) mass is 629 g/mol. The predicted molar refractivity (Wildman–Crippen MR) is 167 cm³/mol. The highest BCUT2D eigenvalue weighted by Crippen LogP contribution is 2.66. The Labute approximate surface area is 262 Å². The van der Waals surface area contributed by atoms with Gasteiger partial charge >= 0.3 is 6.09 Å². The van der Waals surface area contributed by atoms with Gasteiger partial charge in [0.1, 0.15) is 18.1 Å². The number of amides is 5. The van der Waals surface area contributed by atoms with Gasteiger partial charge in [-0.05, 0) is 81.1 Å². The quantitative estimate of drug-likeness (QED) is 0.0500. The summed E-state index contributed by atoms with van der Waals surface area (Å²) < 4.78 is 0. The summed E-state index contributed by atoms with van der Waals surface area (Å²) in [5.74, 6) is -1.97. The van der Waals surface area contributed by atoms with Crippen LogP contribution >= 0.6 is 0 Å². The minimum atomic E-state index is -1.15. The summed E-state index contributed by atoms with van der Waals surface area (Å²) in [5.41, 5.74) is 17.9. The summed E-state index contributed by atoms with van der Waals surface area (Å²) in [6, 6.07) is 5.33. The second-order valence-electron chi connectivity index (χ2n) is 12.3. The average molecular weight is 630 g/mol. The molecule has 3 saturated carbocycles. The fourth-order valence-electron chi connectivity index (χ4n) is 6.09. The molecule has 2 bridgehead atoms. The molecule has 0 spiro atoms. The molecular formula is C30H47N9O6. The molecule has 0 aliphatic heterocycles. The lowest BCUT2D eigenvalue weighted by atomic mass is 9.43. The molecule has 45 heavy (non-hydrogen) atoms. The van der Waals surface area contributed by atoms with Crippen molar-refractivity contribution < 1.29 is 29.1 Å². The molecule has 3 aliphatic rings. The fourth-order valence-corrected chi connectivity index (χ4v) is 6.09. The maximum Gasteiger partial charge on any atom is 0.404 e. The molecule has 0 aromatic heterocycles. The van der Waals surface area contributed by atoms with E-state index in [1.165, 1.54) is 0 Å². The lowest BCUT2D eigenvalue weighted by Gasteiger charge is -2.63. The minimum absolute atomic E-state index is 0.0487. The van der Waals surface area contributed by atoms with E-state index >= 15 is 0 Å². The minimum Gasteiger partial charge on any atom is -0.465 e. The Kier molecular flexibility index (Phi) is 12.9. The molecule has 15 nitrogen and oxygen atoms in total. The molecule has 1 aromatic rings. The Morgan fingerprint density at radius 3 is 1.98 bits per heavy atom. The van der Waals surface area contributed by atoms with Gasteiger partial charge in [-0.1, -0.05) is 30.3 Å². The second kappa shape index (κ2) is 16.6. The Morgan fingerprint density at radius 1 is 0.822 bits per heavy atom. The van der Waals surface area contributed by atoms with Crippen molar-refractivity contribution >= 4 is 35.7 Å². The molecule has 3 fully saturated rings. The van der Waals surface area contributed by atoms with E-state index in [-0.39, 0.29) is 37.2 Å². The molecule has 0 radical (unpaired) electrons. The van der Waals surface area contributed by atoms with Gasteiger partial charge in [-0.2, -0.15) is 0 Å². The van der Waals surface area contributed by atoms with Crippen molar-refractivity contribution in [2.75, 3.05) is 13.1 Å². The van der Waals surface area contributed by atoms with Crippen molar-refractivity contribution in [3.8, 4) is 0 Å². The number of hydrogen-bond donors (Lipinski definition) is 10. The summed E-state index contributed by atoms with van der Waals surface area (Å²) in [6.07, 6.45) is 4.06. The Balaban J connectivity index is 1.67. The van der Waals surface area contributed by atoms with Crippen LogP contribution < -0.4 is 43.8 Å². The van der Waals surface area contributed by atoms with Gasteiger partial charge < -0.3 is 48.9 Å². The van der Waals surface area contributed by atoms with E-state index < -0.39 is 53.9 Å². The highest BCUT2D eigenvalue weighted by molar-refractivity contribution is 5.94. The molecule has 0 saturated heterocycles. The summed E-state index contributed by atoms with van der Waals surface area (Å²) >= 11 is 0. The van der Waals surface area contributed by atoms with E-state index in [0.29, 0.717) is 38.1 Å². The maximum absolute atomic E-state index is 13.6. The van der Waals surface area contributed by atoms with Crippen molar-refractivity contribution in [3.63, 3.8) is 0 Å². The van der Waals surface area contributed by atoms with Gasteiger partial charge in [-0.15, -0.1) is 0 Å². The van der Waals surface area contributed by atoms with Crippen LogP contribution in [0.2, 0.25) is 0 Å². The van der Waals surface area contributed by atoms with Crippen LogP contribution in [0.25, 0.3) is 0 Å². The molecule has 4 unspecified atom stereocenters. The number of guanidine groups is 1. The predicted octanol–water partition coefficient (Wildman–Crippen LogP) is -0.613. The molecule has 5 amide bonds. The van der Waals surface area contributed by atoms with Crippen molar-refractivity contribution in [1.29, 1.82) is 5.41 Å². The molecular weight excluding hydrogens is 582 g/mol. The highest BCUT2D eigenvalue weighted by atomic mass is 16.4. The van der Waals surface area contributed by atoms with Gasteiger partial charge in [-0.3, -0.25) is 24.6 Å². The van der Waals surface area contributed by atoms with E-state index in [2.05, 4.69) is 26.6 Å². The van der Waals surface area contributed by atoms with Gasteiger partial charge in [0.15, 0.2) is 5.96 Å². The molecule has 4 rings (SSSR count). The number of nitrogens with one attached hydrogen (secondary N) is 6. The van der Waals surface area contributed by atoms with E-state index in [1.807, 2.05) is 30.3 Å². The number of carbonyl (C=O) groups excluding carboxylic acids is 4. The number of hydrogen-bond acceptors (Lipinski definition) is 7. The fraction of sp³-hybridized carbons (Fsp3) is 0.600. The van der Waals surface area contributed by atoms with Crippen LogP contribution in [0.1, 0.15) is 63.4 Å².